The predicted octanol–water partition coefficient (Wildman–Crippen LogP) is 2.59. The summed E-state index contributed by atoms with van der Waals surface area (Å²) in [6.45, 7) is 2.08. The first-order valence-corrected chi connectivity index (χ1v) is 12.8. The van der Waals surface area contributed by atoms with Gasteiger partial charge in [-0.1, -0.05) is 58.3 Å². The summed E-state index contributed by atoms with van der Waals surface area (Å²) < 4.78 is 21.8. The molecular formula is C26H38O10. The summed E-state index contributed by atoms with van der Waals surface area (Å²) >= 11 is 0. The smallest absolute Gasteiger partial charge is 0.382 e. The number of benzene rings is 1. The van der Waals surface area contributed by atoms with E-state index in [-0.39, 0.29) is 16.7 Å². The van der Waals surface area contributed by atoms with Crippen LogP contribution in [-0.2, 0) is 4.74 Å². The molecule has 1 fully saturated rings. The van der Waals surface area contributed by atoms with Crippen LogP contribution in [0.4, 0.5) is 0 Å². The molecule has 1 aliphatic heterocycles. The Hall–Kier alpha value is -2.37. The molecule has 5 atom stereocenters. The van der Waals surface area contributed by atoms with E-state index in [1.165, 1.54) is 57.1 Å². The standard InChI is InChI=1S/C26H38O10/c1-2-3-4-5-6-7-8-9-10-13-33-16-11-12-17-18(14-16)34-25(32)23(31)24(17)36-26-22(30)21(29)20(28)19(15-27)35-26/h11-12,14,19-22,26-31H,2-10,13,15H2,1H3/t19-,20+,21+,22-,26+/m1/s1. The second-order valence-electron chi connectivity index (χ2n) is 9.22. The highest BCUT2D eigenvalue weighted by atomic mass is 16.7. The van der Waals surface area contributed by atoms with Gasteiger partial charge in [0.2, 0.25) is 12.0 Å². The molecule has 0 aliphatic carbocycles. The molecule has 0 amide bonds. The second-order valence-corrected chi connectivity index (χ2v) is 9.22. The van der Waals surface area contributed by atoms with Gasteiger partial charge in [0.1, 0.15) is 35.7 Å². The van der Waals surface area contributed by atoms with Gasteiger partial charge in [0.25, 0.3) is 0 Å². The van der Waals surface area contributed by atoms with Gasteiger partial charge < -0.3 is 44.2 Å². The number of aromatic hydroxyl groups is 1. The molecule has 0 spiro atoms. The molecule has 5 N–H and O–H groups in total. The van der Waals surface area contributed by atoms with Crippen molar-refractivity contribution < 1.29 is 44.2 Å². The monoisotopic (exact) mass is 510 g/mol. The Balaban J connectivity index is 1.60. The molecular weight excluding hydrogens is 472 g/mol. The number of unbranched alkanes of at least 4 members (excludes halogenated alkanes) is 8. The minimum Gasteiger partial charge on any atom is -0.499 e. The molecule has 202 valence electrons. The first-order valence-electron chi connectivity index (χ1n) is 12.8. The third-order valence-electron chi connectivity index (χ3n) is 6.41. The van der Waals surface area contributed by atoms with Crippen molar-refractivity contribution in [1.29, 1.82) is 0 Å². The number of aliphatic hydroxyl groups is 4. The number of fused-ring (bicyclic) bond motifs is 1. The van der Waals surface area contributed by atoms with Crippen molar-refractivity contribution in [3.05, 3.63) is 28.6 Å². The van der Waals surface area contributed by atoms with E-state index in [1.54, 1.807) is 6.07 Å². The SMILES string of the molecule is CCCCCCCCCCCOc1ccc2c(O[C@@H]3O[C@H](CO)[C@H](O)[C@H](O)[C@H]3O)c(O)c(=O)oc2c1. The molecule has 0 bridgehead atoms. The van der Waals surface area contributed by atoms with Gasteiger partial charge in [-0.2, -0.15) is 0 Å². The molecule has 3 rings (SSSR count). The van der Waals surface area contributed by atoms with Crippen LogP contribution in [0.5, 0.6) is 17.2 Å². The van der Waals surface area contributed by atoms with Gasteiger partial charge in [-0.3, -0.25) is 0 Å². The van der Waals surface area contributed by atoms with E-state index in [9.17, 15) is 30.3 Å². The fraction of sp³-hybridized carbons (Fsp3) is 0.654. The summed E-state index contributed by atoms with van der Waals surface area (Å²) in [5, 5.41) is 50.0. The Morgan fingerprint density at radius 3 is 2.25 bits per heavy atom. The molecule has 0 radical (unpaired) electrons. The van der Waals surface area contributed by atoms with Crippen molar-refractivity contribution in [1.82, 2.24) is 0 Å². The van der Waals surface area contributed by atoms with Crippen molar-refractivity contribution in [2.24, 2.45) is 0 Å². The van der Waals surface area contributed by atoms with Crippen LogP contribution in [0.15, 0.2) is 27.4 Å². The van der Waals surface area contributed by atoms with E-state index >= 15 is 0 Å². The number of aliphatic hydroxyl groups excluding tert-OH is 4. The summed E-state index contributed by atoms with van der Waals surface area (Å²) in [5.74, 6) is -0.686. The number of rotatable bonds is 14. The molecule has 2 heterocycles. The average Bonchev–Trinajstić information content (AvgIpc) is 2.87. The van der Waals surface area contributed by atoms with Crippen molar-refractivity contribution >= 4 is 11.0 Å². The number of hydrogen-bond donors (Lipinski definition) is 5. The molecule has 2 aromatic rings. The molecule has 1 aromatic heterocycles. The maximum Gasteiger partial charge on any atom is 0.382 e. The predicted molar refractivity (Wildman–Crippen MR) is 131 cm³/mol. The third kappa shape index (κ3) is 7.10. The summed E-state index contributed by atoms with van der Waals surface area (Å²) in [6, 6.07) is 4.67. The maximum atomic E-state index is 12.2. The zero-order valence-electron chi connectivity index (χ0n) is 20.7. The lowest BCUT2D eigenvalue weighted by Crippen LogP contribution is -2.60. The van der Waals surface area contributed by atoms with E-state index < -0.39 is 48.7 Å². The molecule has 36 heavy (non-hydrogen) atoms. The minimum atomic E-state index is -1.71. The van der Waals surface area contributed by atoms with Gasteiger partial charge in [-0.05, 0) is 18.6 Å². The van der Waals surface area contributed by atoms with Gasteiger partial charge in [0.15, 0.2) is 5.75 Å². The quantitative estimate of drug-likeness (QED) is 0.189. The molecule has 1 saturated heterocycles. The van der Waals surface area contributed by atoms with Gasteiger partial charge in [-0.15, -0.1) is 0 Å². The Kier molecular flexibility index (Phi) is 10.8. The van der Waals surface area contributed by atoms with Crippen LogP contribution in [0.2, 0.25) is 0 Å². The van der Waals surface area contributed by atoms with Gasteiger partial charge in [0.05, 0.1) is 18.6 Å². The third-order valence-corrected chi connectivity index (χ3v) is 6.41. The lowest BCUT2D eigenvalue weighted by atomic mass is 9.99. The van der Waals surface area contributed by atoms with Gasteiger partial charge in [0, 0.05) is 6.07 Å². The Morgan fingerprint density at radius 1 is 0.917 bits per heavy atom. The largest absolute Gasteiger partial charge is 0.499 e. The van der Waals surface area contributed by atoms with Crippen molar-refractivity contribution in [3.63, 3.8) is 0 Å². The van der Waals surface area contributed by atoms with E-state index in [0.29, 0.717) is 12.4 Å². The molecule has 10 heteroatoms. The van der Waals surface area contributed by atoms with E-state index in [2.05, 4.69) is 6.92 Å². The van der Waals surface area contributed by atoms with Gasteiger partial charge >= 0.3 is 5.63 Å². The zero-order valence-corrected chi connectivity index (χ0v) is 20.7. The van der Waals surface area contributed by atoms with Crippen molar-refractivity contribution in [3.8, 4) is 17.2 Å². The van der Waals surface area contributed by atoms with E-state index in [4.69, 9.17) is 18.6 Å². The van der Waals surface area contributed by atoms with Gasteiger partial charge in [-0.25, -0.2) is 4.79 Å². The highest BCUT2D eigenvalue weighted by Crippen LogP contribution is 2.36. The minimum absolute atomic E-state index is 0.0852. The van der Waals surface area contributed by atoms with Crippen LogP contribution in [-0.4, -0.2) is 69.5 Å². The fourth-order valence-electron chi connectivity index (χ4n) is 4.24. The van der Waals surface area contributed by atoms with Crippen LogP contribution in [0.25, 0.3) is 11.0 Å². The zero-order chi connectivity index (χ0) is 26.1. The van der Waals surface area contributed by atoms with Crippen LogP contribution in [0, 0.1) is 0 Å². The first-order chi connectivity index (χ1) is 17.4. The molecule has 1 aromatic carbocycles. The fourth-order valence-corrected chi connectivity index (χ4v) is 4.24. The summed E-state index contributed by atoms with van der Waals surface area (Å²) in [4.78, 5) is 12.2. The maximum absolute atomic E-state index is 12.2. The molecule has 10 nitrogen and oxygen atoms in total. The van der Waals surface area contributed by atoms with Crippen LogP contribution >= 0.6 is 0 Å². The second kappa shape index (κ2) is 13.8. The number of hydrogen-bond acceptors (Lipinski definition) is 10. The highest BCUT2D eigenvalue weighted by Gasteiger charge is 2.45. The molecule has 1 aliphatic rings. The van der Waals surface area contributed by atoms with Crippen molar-refractivity contribution in [2.45, 2.75) is 95.4 Å². The lowest BCUT2D eigenvalue weighted by Gasteiger charge is -2.39. The Bertz CT molecular complexity index is 1000. The molecule has 0 saturated carbocycles. The lowest BCUT2D eigenvalue weighted by molar-refractivity contribution is -0.277. The van der Waals surface area contributed by atoms with Crippen LogP contribution < -0.4 is 15.1 Å². The van der Waals surface area contributed by atoms with E-state index in [0.717, 1.165) is 12.8 Å². The van der Waals surface area contributed by atoms with Crippen LogP contribution in [0.3, 0.4) is 0 Å². The van der Waals surface area contributed by atoms with E-state index in [1.807, 2.05) is 0 Å². The topological polar surface area (TPSA) is 159 Å². The average molecular weight is 511 g/mol. The Morgan fingerprint density at radius 2 is 1.58 bits per heavy atom. The first kappa shape index (κ1) is 28.2. The molecule has 0 unspecified atom stereocenters. The Labute approximate surface area is 210 Å². The number of ether oxygens (including phenoxy) is 3. The normalized spacial score (nSPS) is 24.2. The summed E-state index contributed by atoms with van der Waals surface area (Å²) in [6.07, 6.45) is 3.08. The van der Waals surface area contributed by atoms with Crippen molar-refractivity contribution in [2.75, 3.05) is 13.2 Å². The van der Waals surface area contributed by atoms with Crippen LogP contribution in [0.1, 0.15) is 64.7 Å². The highest BCUT2D eigenvalue weighted by molar-refractivity contribution is 5.86. The summed E-state index contributed by atoms with van der Waals surface area (Å²) in [5.41, 5.74) is -0.986. The summed E-state index contributed by atoms with van der Waals surface area (Å²) in [7, 11) is 0.